The van der Waals surface area contributed by atoms with Crippen molar-refractivity contribution in [2.45, 2.75) is 83.1 Å². The number of ether oxygens (including phenoxy) is 1. The molecule has 1 spiro atoms. The van der Waals surface area contributed by atoms with Gasteiger partial charge in [-0.1, -0.05) is 38.1 Å². The lowest BCUT2D eigenvalue weighted by molar-refractivity contribution is -0.143. The molecule has 3 aliphatic carbocycles. The van der Waals surface area contributed by atoms with Crippen molar-refractivity contribution in [1.82, 2.24) is 18.8 Å². The second-order valence-electron chi connectivity index (χ2n) is 14.1. The molecule has 2 saturated carbocycles. The number of imidazole rings is 1. The molecule has 6 rings (SSSR count). The summed E-state index contributed by atoms with van der Waals surface area (Å²) < 4.78 is 37.1. The van der Waals surface area contributed by atoms with Gasteiger partial charge in [-0.25, -0.2) is 17.7 Å². The highest BCUT2D eigenvalue weighted by Crippen LogP contribution is 2.67. The van der Waals surface area contributed by atoms with Crippen LogP contribution in [0.5, 0.6) is 0 Å². The molecule has 2 heterocycles. The Morgan fingerprint density at radius 2 is 1.86 bits per heavy atom. The van der Waals surface area contributed by atoms with Crippen LogP contribution in [0.15, 0.2) is 36.8 Å². The van der Waals surface area contributed by atoms with E-state index in [1.165, 1.54) is 18.2 Å². The molecule has 0 unspecified atom stereocenters. The average molecular weight is 611 g/mol. The average Bonchev–Trinajstić information content (AvgIpc) is 3.67. The van der Waals surface area contributed by atoms with Gasteiger partial charge in [0.25, 0.3) is 0 Å². The molecule has 0 radical (unpaired) electrons. The number of piperidine rings is 1. The molecular formula is C33H46N4O5S. The van der Waals surface area contributed by atoms with Crippen LogP contribution in [0, 0.1) is 16.7 Å². The summed E-state index contributed by atoms with van der Waals surface area (Å²) in [5, 5.41) is 0. The Balaban J connectivity index is 1.25. The van der Waals surface area contributed by atoms with Crippen LogP contribution in [-0.2, 0) is 49.7 Å². The monoisotopic (exact) mass is 610 g/mol. The van der Waals surface area contributed by atoms with Gasteiger partial charge in [0.15, 0.2) is 0 Å². The van der Waals surface area contributed by atoms with Crippen LogP contribution in [0.4, 0.5) is 0 Å². The molecule has 2 aromatic rings. The Labute approximate surface area is 256 Å². The predicted octanol–water partition coefficient (Wildman–Crippen LogP) is 3.86. The standard InChI is InChI=1S/C33H46N4O5S/c1-31(2)25-10-13-33(31,28(19-25)37(16-11-30(39)42-4)29(38)20-26-21-35(3)23-34-26)22-43(40,41)36-17-14-32(15-18-36)12-9-24-7-5-6-8-27(24)32/h5-8,21,23,25,28H,9-20,22H2,1-4H3/t25-,28+,33-/m1/s1. The summed E-state index contributed by atoms with van der Waals surface area (Å²) in [6.07, 6.45) is 9.99. The smallest absolute Gasteiger partial charge is 0.307 e. The number of aromatic nitrogens is 2. The molecular weight excluding hydrogens is 564 g/mol. The Hall–Kier alpha value is -2.72. The summed E-state index contributed by atoms with van der Waals surface area (Å²) in [4.78, 5) is 32.3. The summed E-state index contributed by atoms with van der Waals surface area (Å²) >= 11 is 0. The first kappa shape index (κ1) is 30.3. The lowest BCUT2D eigenvalue weighted by atomic mass is 9.68. The highest BCUT2D eigenvalue weighted by Gasteiger charge is 2.67. The molecule has 1 aromatic carbocycles. The molecule has 3 fully saturated rings. The first-order chi connectivity index (χ1) is 20.4. The number of carbonyl (C=O) groups is 2. The number of nitrogens with zero attached hydrogens (tertiary/aromatic N) is 4. The number of hydrogen-bond acceptors (Lipinski definition) is 6. The fraction of sp³-hybridized carbons (Fsp3) is 0.667. The van der Waals surface area contributed by atoms with Crippen molar-refractivity contribution in [2.75, 3.05) is 32.5 Å². The van der Waals surface area contributed by atoms with Crippen molar-refractivity contribution >= 4 is 21.9 Å². The molecule has 1 saturated heterocycles. The summed E-state index contributed by atoms with van der Waals surface area (Å²) in [7, 11) is -0.386. The lowest BCUT2D eigenvalue weighted by Crippen LogP contribution is -2.57. The Bertz CT molecular complexity index is 1490. The number of esters is 1. The predicted molar refractivity (Wildman–Crippen MR) is 164 cm³/mol. The highest BCUT2D eigenvalue weighted by molar-refractivity contribution is 7.89. The zero-order chi connectivity index (χ0) is 30.6. The first-order valence-electron chi connectivity index (χ1n) is 15.8. The van der Waals surface area contributed by atoms with Crippen molar-refractivity contribution < 1.29 is 22.7 Å². The molecule has 4 aliphatic rings. The van der Waals surface area contributed by atoms with Crippen molar-refractivity contribution in [3.8, 4) is 0 Å². The number of rotatable bonds is 9. The zero-order valence-corrected chi connectivity index (χ0v) is 26.9. The van der Waals surface area contributed by atoms with Gasteiger partial charge in [0.2, 0.25) is 15.9 Å². The molecule has 1 amide bonds. The molecule has 2 bridgehead atoms. The highest BCUT2D eigenvalue weighted by atomic mass is 32.2. The maximum Gasteiger partial charge on any atom is 0.307 e. The van der Waals surface area contributed by atoms with E-state index in [1.807, 2.05) is 22.7 Å². The quantitative estimate of drug-likeness (QED) is 0.400. The third-order valence-electron chi connectivity index (χ3n) is 11.9. The van der Waals surface area contributed by atoms with Gasteiger partial charge in [0.1, 0.15) is 0 Å². The normalized spacial score (nSPS) is 27.3. The van der Waals surface area contributed by atoms with Crippen LogP contribution in [0.1, 0.15) is 75.6 Å². The number of aryl methyl sites for hydroxylation is 2. The molecule has 10 heteroatoms. The third-order valence-corrected chi connectivity index (χ3v) is 14.0. The number of benzene rings is 1. The van der Waals surface area contributed by atoms with E-state index in [1.54, 1.807) is 10.6 Å². The van der Waals surface area contributed by atoms with E-state index in [9.17, 15) is 18.0 Å². The number of methoxy groups -OCH3 is 1. The SMILES string of the molecule is COC(=O)CCN(C(=O)Cc1cn(C)cn1)[C@H]1C[C@H]2CC[C@]1(CS(=O)(=O)N1CCC3(CCc4ccccc43)CC1)C2(C)C. The maximum atomic E-state index is 14.3. The van der Waals surface area contributed by atoms with Gasteiger partial charge in [-0.15, -0.1) is 0 Å². The summed E-state index contributed by atoms with van der Waals surface area (Å²) in [5.74, 6) is -0.151. The largest absolute Gasteiger partial charge is 0.469 e. The topological polar surface area (TPSA) is 102 Å². The first-order valence-corrected chi connectivity index (χ1v) is 17.4. The van der Waals surface area contributed by atoms with Gasteiger partial charge >= 0.3 is 5.97 Å². The van der Waals surface area contributed by atoms with Crippen molar-refractivity contribution in [1.29, 1.82) is 0 Å². The van der Waals surface area contributed by atoms with E-state index in [0.29, 0.717) is 24.7 Å². The van der Waals surface area contributed by atoms with Gasteiger partial charge in [0, 0.05) is 44.3 Å². The van der Waals surface area contributed by atoms with E-state index in [4.69, 9.17) is 4.74 Å². The van der Waals surface area contributed by atoms with Crippen LogP contribution in [0.25, 0.3) is 0 Å². The van der Waals surface area contributed by atoms with Crippen molar-refractivity contribution in [3.05, 3.63) is 53.6 Å². The Kier molecular flexibility index (Phi) is 7.77. The Morgan fingerprint density at radius 3 is 2.53 bits per heavy atom. The van der Waals surface area contributed by atoms with E-state index in [2.05, 4.69) is 43.1 Å². The van der Waals surface area contributed by atoms with Crippen LogP contribution < -0.4 is 0 Å². The molecule has 234 valence electrons. The third kappa shape index (κ3) is 5.12. The lowest BCUT2D eigenvalue weighted by Gasteiger charge is -2.48. The van der Waals surface area contributed by atoms with Crippen LogP contribution in [0.3, 0.4) is 0 Å². The van der Waals surface area contributed by atoms with E-state index >= 15 is 0 Å². The van der Waals surface area contributed by atoms with E-state index < -0.39 is 15.4 Å². The van der Waals surface area contributed by atoms with Gasteiger partial charge in [0.05, 0.1) is 37.7 Å². The van der Waals surface area contributed by atoms with Gasteiger partial charge in [-0.2, -0.15) is 0 Å². The molecule has 43 heavy (non-hydrogen) atoms. The molecule has 9 nitrogen and oxygen atoms in total. The van der Waals surface area contributed by atoms with E-state index in [0.717, 1.165) is 44.9 Å². The fourth-order valence-electron chi connectivity index (χ4n) is 9.28. The van der Waals surface area contributed by atoms with Gasteiger partial charge in [-0.05, 0) is 72.8 Å². The number of amides is 1. The second kappa shape index (κ2) is 11.0. The fourth-order valence-corrected chi connectivity index (χ4v) is 11.6. The van der Waals surface area contributed by atoms with Crippen LogP contribution >= 0.6 is 0 Å². The molecule has 1 aliphatic heterocycles. The maximum absolute atomic E-state index is 14.3. The van der Waals surface area contributed by atoms with Crippen molar-refractivity contribution in [3.63, 3.8) is 0 Å². The number of sulfonamides is 1. The van der Waals surface area contributed by atoms with E-state index in [-0.39, 0.29) is 53.9 Å². The second-order valence-corrected chi connectivity index (χ2v) is 16.0. The van der Waals surface area contributed by atoms with Crippen molar-refractivity contribution in [2.24, 2.45) is 23.8 Å². The number of hydrogen-bond donors (Lipinski definition) is 0. The minimum Gasteiger partial charge on any atom is -0.469 e. The van der Waals surface area contributed by atoms with Gasteiger partial charge in [-0.3, -0.25) is 9.59 Å². The number of fused-ring (bicyclic) bond motifs is 4. The summed E-state index contributed by atoms with van der Waals surface area (Å²) in [5.41, 5.74) is 2.71. The molecule has 1 aromatic heterocycles. The van der Waals surface area contributed by atoms with Gasteiger partial charge < -0.3 is 14.2 Å². The Morgan fingerprint density at radius 1 is 1.12 bits per heavy atom. The van der Waals surface area contributed by atoms with Crippen LogP contribution in [0.2, 0.25) is 0 Å². The summed E-state index contributed by atoms with van der Waals surface area (Å²) in [6, 6.07) is 8.39. The minimum atomic E-state index is -3.60. The minimum absolute atomic E-state index is 0.0311. The zero-order valence-electron chi connectivity index (χ0n) is 26.0. The molecule has 3 atom stereocenters. The van der Waals surface area contributed by atoms with Crippen LogP contribution in [-0.4, -0.2) is 77.6 Å². The molecule has 0 N–H and O–H groups in total. The summed E-state index contributed by atoms with van der Waals surface area (Å²) in [6.45, 7) is 5.67. The number of carbonyl (C=O) groups excluding carboxylic acids is 2.